The molecule has 0 atom stereocenters. The Bertz CT molecular complexity index is 697. The van der Waals surface area contributed by atoms with E-state index in [1.54, 1.807) is 31.4 Å². The molecule has 0 saturated heterocycles. The van der Waals surface area contributed by atoms with Crippen LogP contribution in [0.4, 0.5) is 5.69 Å². The van der Waals surface area contributed by atoms with Crippen LogP contribution in [0.2, 0.25) is 5.02 Å². The topological polar surface area (TPSA) is 60.3 Å². The molecule has 0 fully saturated rings. The molecule has 0 bridgehead atoms. The van der Waals surface area contributed by atoms with Gasteiger partial charge in [0.15, 0.2) is 0 Å². The number of rotatable bonds is 5. The highest BCUT2D eigenvalue weighted by Gasteiger charge is 2.09. The van der Waals surface area contributed by atoms with E-state index in [0.717, 1.165) is 0 Å². The lowest BCUT2D eigenvalue weighted by molar-refractivity contribution is 0.102. The minimum Gasteiger partial charge on any atom is -0.383 e. The van der Waals surface area contributed by atoms with Crippen molar-refractivity contribution in [1.29, 1.82) is 0 Å². The summed E-state index contributed by atoms with van der Waals surface area (Å²) >= 11 is 5.99. The molecule has 0 radical (unpaired) electrons. The number of para-hydroxylation sites is 1. The second-order valence-electron chi connectivity index (χ2n) is 4.38. The van der Waals surface area contributed by atoms with Crippen molar-refractivity contribution in [3.05, 3.63) is 63.5 Å². The molecule has 1 aromatic carbocycles. The molecule has 0 saturated carbocycles. The Balaban J connectivity index is 2.19. The van der Waals surface area contributed by atoms with Crippen molar-refractivity contribution in [2.24, 2.45) is 0 Å². The lowest BCUT2D eigenvalue weighted by Gasteiger charge is -2.09. The van der Waals surface area contributed by atoms with Crippen LogP contribution >= 0.6 is 11.6 Å². The van der Waals surface area contributed by atoms with Gasteiger partial charge in [0.25, 0.3) is 11.5 Å². The van der Waals surface area contributed by atoms with Crippen LogP contribution in [0.5, 0.6) is 0 Å². The van der Waals surface area contributed by atoms with E-state index in [4.69, 9.17) is 16.3 Å². The number of carbonyl (C=O) groups is 1. The van der Waals surface area contributed by atoms with Crippen molar-refractivity contribution in [1.82, 2.24) is 4.57 Å². The smallest absolute Gasteiger partial charge is 0.257 e. The number of amides is 1. The van der Waals surface area contributed by atoms with Crippen molar-refractivity contribution in [3.63, 3.8) is 0 Å². The second kappa shape index (κ2) is 7.06. The van der Waals surface area contributed by atoms with Gasteiger partial charge in [-0.3, -0.25) is 9.59 Å². The monoisotopic (exact) mass is 306 g/mol. The Labute approximate surface area is 127 Å². The number of halogens is 1. The molecule has 1 N–H and O–H groups in total. The van der Waals surface area contributed by atoms with Crippen molar-refractivity contribution in [2.45, 2.75) is 6.54 Å². The lowest BCUT2D eigenvalue weighted by atomic mass is 10.2. The van der Waals surface area contributed by atoms with Crippen LogP contribution < -0.4 is 10.9 Å². The molecule has 0 spiro atoms. The standard InChI is InChI=1S/C15H15ClN2O3/c1-21-9-8-18-10-11(6-7-14(18)19)15(20)17-13-5-3-2-4-12(13)16/h2-7,10H,8-9H2,1H3,(H,17,20). The highest BCUT2D eigenvalue weighted by Crippen LogP contribution is 2.20. The Kier molecular flexibility index (Phi) is 5.14. The van der Waals surface area contributed by atoms with E-state index in [1.165, 1.54) is 22.9 Å². The molecule has 5 nitrogen and oxygen atoms in total. The highest BCUT2D eigenvalue weighted by atomic mass is 35.5. The zero-order valence-electron chi connectivity index (χ0n) is 11.5. The summed E-state index contributed by atoms with van der Waals surface area (Å²) in [5, 5.41) is 3.17. The molecule has 1 amide bonds. The predicted octanol–water partition coefficient (Wildman–Crippen LogP) is 2.40. The summed E-state index contributed by atoms with van der Waals surface area (Å²) in [7, 11) is 1.55. The van der Waals surface area contributed by atoms with Crippen molar-refractivity contribution in [3.8, 4) is 0 Å². The van der Waals surface area contributed by atoms with Crippen LogP contribution in [0.1, 0.15) is 10.4 Å². The predicted molar refractivity (Wildman–Crippen MR) is 82.0 cm³/mol. The molecular formula is C15H15ClN2O3. The van der Waals surface area contributed by atoms with Crippen LogP contribution in [0.3, 0.4) is 0 Å². The maximum atomic E-state index is 12.2. The third-order valence-corrected chi connectivity index (χ3v) is 3.23. The average Bonchev–Trinajstić information content (AvgIpc) is 2.48. The Morgan fingerprint density at radius 2 is 2.05 bits per heavy atom. The molecule has 110 valence electrons. The molecule has 0 aliphatic rings. The lowest BCUT2D eigenvalue weighted by Crippen LogP contribution is -2.23. The van der Waals surface area contributed by atoms with Gasteiger partial charge in [-0.2, -0.15) is 0 Å². The van der Waals surface area contributed by atoms with Gasteiger partial charge in [0.1, 0.15) is 0 Å². The van der Waals surface area contributed by atoms with Gasteiger partial charge in [-0.25, -0.2) is 0 Å². The van der Waals surface area contributed by atoms with E-state index in [1.807, 2.05) is 0 Å². The number of anilines is 1. The first-order chi connectivity index (χ1) is 10.1. The summed E-state index contributed by atoms with van der Waals surface area (Å²) in [6.45, 7) is 0.790. The first-order valence-corrected chi connectivity index (χ1v) is 6.75. The summed E-state index contributed by atoms with van der Waals surface area (Å²) in [5.74, 6) is -0.325. The van der Waals surface area contributed by atoms with Crippen LogP contribution in [-0.4, -0.2) is 24.2 Å². The van der Waals surface area contributed by atoms with E-state index < -0.39 is 0 Å². The number of nitrogens with zero attached hydrogens (tertiary/aromatic N) is 1. The zero-order chi connectivity index (χ0) is 15.2. The average molecular weight is 307 g/mol. The number of ether oxygens (including phenoxy) is 1. The number of hydrogen-bond acceptors (Lipinski definition) is 3. The molecule has 1 aromatic heterocycles. The molecule has 1 heterocycles. The fourth-order valence-corrected chi connectivity index (χ4v) is 1.97. The maximum absolute atomic E-state index is 12.2. The number of aromatic nitrogens is 1. The summed E-state index contributed by atoms with van der Waals surface area (Å²) in [6, 6.07) is 9.80. The molecule has 2 rings (SSSR count). The normalized spacial score (nSPS) is 10.4. The Morgan fingerprint density at radius 3 is 2.76 bits per heavy atom. The van der Waals surface area contributed by atoms with E-state index in [2.05, 4.69) is 5.32 Å². The molecule has 0 aliphatic heterocycles. The van der Waals surface area contributed by atoms with Crippen LogP contribution in [0.25, 0.3) is 0 Å². The number of nitrogens with one attached hydrogen (secondary N) is 1. The first-order valence-electron chi connectivity index (χ1n) is 6.37. The zero-order valence-corrected chi connectivity index (χ0v) is 12.3. The van der Waals surface area contributed by atoms with Crippen LogP contribution in [0.15, 0.2) is 47.4 Å². The highest BCUT2D eigenvalue weighted by molar-refractivity contribution is 6.33. The number of methoxy groups -OCH3 is 1. The van der Waals surface area contributed by atoms with Crippen LogP contribution in [0, 0.1) is 0 Å². The fourth-order valence-electron chi connectivity index (χ4n) is 1.79. The van der Waals surface area contributed by atoms with Gasteiger partial charge in [-0.1, -0.05) is 23.7 Å². The van der Waals surface area contributed by atoms with Gasteiger partial charge in [0, 0.05) is 25.9 Å². The summed E-state index contributed by atoms with van der Waals surface area (Å²) < 4.78 is 6.37. The first kappa shape index (κ1) is 15.3. The third kappa shape index (κ3) is 3.93. The molecule has 21 heavy (non-hydrogen) atoms. The minimum atomic E-state index is -0.325. The van der Waals surface area contributed by atoms with Crippen molar-refractivity contribution >= 4 is 23.2 Å². The largest absolute Gasteiger partial charge is 0.383 e. The van der Waals surface area contributed by atoms with Crippen LogP contribution in [-0.2, 0) is 11.3 Å². The molecule has 0 unspecified atom stereocenters. The Hall–Kier alpha value is -2.11. The van der Waals surface area contributed by atoms with Gasteiger partial charge in [-0.05, 0) is 18.2 Å². The summed E-state index contributed by atoms with van der Waals surface area (Å²) in [6.07, 6.45) is 1.51. The Morgan fingerprint density at radius 1 is 1.29 bits per heavy atom. The van der Waals surface area contributed by atoms with Gasteiger partial charge >= 0.3 is 0 Å². The molecule has 0 aliphatic carbocycles. The SMILES string of the molecule is COCCn1cc(C(=O)Nc2ccccc2Cl)ccc1=O. The van der Waals surface area contributed by atoms with Gasteiger partial charge in [-0.15, -0.1) is 0 Å². The molecule has 6 heteroatoms. The number of pyridine rings is 1. The van der Waals surface area contributed by atoms with E-state index in [0.29, 0.717) is 29.4 Å². The second-order valence-corrected chi connectivity index (χ2v) is 4.78. The quantitative estimate of drug-likeness (QED) is 0.922. The van der Waals surface area contributed by atoms with Crippen molar-refractivity contribution < 1.29 is 9.53 Å². The molecular weight excluding hydrogens is 292 g/mol. The maximum Gasteiger partial charge on any atom is 0.257 e. The van der Waals surface area contributed by atoms with Gasteiger partial charge < -0.3 is 14.6 Å². The summed E-state index contributed by atoms with van der Waals surface area (Å²) in [5.41, 5.74) is 0.728. The van der Waals surface area contributed by atoms with Crippen molar-refractivity contribution in [2.75, 3.05) is 19.0 Å². The van der Waals surface area contributed by atoms with Gasteiger partial charge in [0.05, 0.1) is 22.9 Å². The fraction of sp³-hybridized carbons (Fsp3) is 0.200. The van der Waals surface area contributed by atoms with E-state index in [9.17, 15) is 9.59 Å². The third-order valence-electron chi connectivity index (χ3n) is 2.90. The van der Waals surface area contributed by atoms with Gasteiger partial charge in [0.2, 0.25) is 0 Å². The number of hydrogen-bond donors (Lipinski definition) is 1. The summed E-state index contributed by atoms with van der Waals surface area (Å²) in [4.78, 5) is 23.9. The van der Waals surface area contributed by atoms with E-state index in [-0.39, 0.29) is 11.5 Å². The number of carbonyl (C=O) groups excluding carboxylic acids is 1. The van der Waals surface area contributed by atoms with E-state index >= 15 is 0 Å². The molecule has 2 aromatic rings. The minimum absolute atomic E-state index is 0.179. The number of benzene rings is 1.